The second kappa shape index (κ2) is 6.17. The number of hydrogen-bond acceptors (Lipinski definition) is 3. The van der Waals surface area contributed by atoms with Crippen molar-refractivity contribution in [3.63, 3.8) is 0 Å². The molecule has 0 atom stereocenters. The lowest BCUT2D eigenvalue weighted by Gasteiger charge is -2.03. The van der Waals surface area contributed by atoms with E-state index in [1.54, 1.807) is 36.5 Å². The number of halogens is 1. The predicted octanol–water partition coefficient (Wildman–Crippen LogP) is 2.43. The van der Waals surface area contributed by atoms with Crippen molar-refractivity contribution in [2.75, 3.05) is 0 Å². The number of carbonyl (C=O) groups is 1. The number of carbonyl (C=O) groups excluding carboxylic acids is 1. The number of amides is 1. The zero-order valence-corrected chi connectivity index (χ0v) is 11.6. The normalized spacial score (nSPS) is 11.1. The van der Waals surface area contributed by atoms with Crippen LogP contribution in [0.15, 0.2) is 48.7 Å². The van der Waals surface area contributed by atoms with Crippen LogP contribution in [0, 0.1) is 5.82 Å². The van der Waals surface area contributed by atoms with E-state index in [4.69, 9.17) is 0 Å². The van der Waals surface area contributed by atoms with Crippen LogP contribution in [0.2, 0.25) is 0 Å². The van der Waals surface area contributed by atoms with Crippen molar-refractivity contribution < 1.29 is 9.18 Å². The molecule has 0 spiro atoms. The Labute approximate surface area is 125 Å². The summed E-state index contributed by atoms with van der Waals surface area (Å²) in [6.45, 7) is 0.138. The van der Waals surface area contributed by atoms with Crippen LogP contribution in [0.3, 0.4) is 0 Å². The molecule has 5 nitrogen and oxygen atoms in total. The van der Waals surface area contributed by atoms with E-state index in [1.165, 1.54) is 12.1 Å². The third kappa shape index (κ3) is 3.01. The lowest BCUT2D eigenvalue weighted by atomic mass is 10.2. The van der Waals surface area contributed by atoms with Crippen LogP contribution < -0.4 is 5.32 Å². The fourth-order valence-electron chi connectivity index (χ4n) is 2.04. The minimum atomic E-state index is -0.337. The molecule has 0 radical (unpaired) electrons. The highest BCUT2D eigenvalue weighted by atomic mass is 19.1. The summed E-state index contributed by atoms with van der Waals surface area (Å²) in [5.74, 6) is -0.653. The lowest BCUT2D eigenvalue weighted by Crippen LogP contribution is -2.20. The van der Waals surface area contributed by atoms with Gasteiger partial charge in [-0.15, -0.1) is 0 Å². The van der Waals surface area contributed by atoms with Crippen molar-refractivity contribution in [1.82, 2.24) is 20.5 Å². The number of aromatic amines is 1. The SMILES string of the molecule is O=C(C=Cc1n[nH]c2ncccc12)NCc1ccccc1F. The molecule has 0 saturated heterocycles. The molecule has 1 aromatic carbocycles. The van der Waals surface area contributed by atoms with E-state index in [-0.39, 0.29) is 18.3 Å². The van der Waals surface area contributed by atoms with E-state index < -0.39 is 0 Å². The molecule has 0 saturated carbocycles. The number of benzene rings is 1. The summed E-state index contributed by atoms with van der Waals surface area (Å²) < 4.78 is 13.4. The van der Waals surface area contributed by atoms with Gasteiger partial charge in [-0.1, -0.05) is 18.2 Å². The number of hydrogen-bond donors (Lipinski definition) is 2. The Bertz CT molecular complexity index is 841. The van der Waals surface area contributed by atoms with Gasteiger partial charge < -0.3 is 5.32 Å². The van der Waals surface area contributed by atoms with E-state index in [9.17, 15) is 9.18 Å². The van der Waals surface area contributed by atoms with Crippen LogP contribution >= 0.6 is 0 Å². The molecule has 1 amide bonds. The van der Waals surface area contributed by atoms with E-state index in [1.807, 2.05) is 6.07 Å². The zero-order valence-electron chi connectivity index (χ0n) is 11.6. The highest BCUT2D eigenvalue weighted by Crippen LogP contribution is 2.13. The summed E-state index contributed by atoms with van der Waals surface area (Å²) in [4.78, 5) is 15.9. The van der Waals surface area contributed by atoms with Gasteiger partial charge in [0, 0.05) is 29.8 Å². The maximum atomic E-state index is 13.4. The standard InChI is InChI=1S/C16H13FN4O/c17-13-6-2-1-4-11(13)10-19-15(22)8-7-14-12-5-3-9-18-16(12)21-20-14/h1-9H,10H2,(H,19,22)(H,18,20,21). The molecule has 0 aliphatic rings. The Hall–Kier alpha value is -3.02. The van der Waals surface area contributed by atoms with Gasteiger partial charge in [0.1, 0.15) is 5.82 Å². The predicted molar refractivity (Wildman–Crippen MR) is 81.2 cm³/mol. The average Bonchev–Trinajstić information content (AvgIpc) is 2.95. The topological polar surface area (TPSA) is 70.7 Å². The Morgan fingerprint density at radius 2 is 2.14 bits per heavy atom. The van der Waals surface area contributed by atoms with Gasteiger partial charge in [0.15, 0.2) is 5.65 Å². The third-order valence-electron chi connectivity index (χ3n) is 3.17. The second-order valence-electron chi connectivity index (χ2n) is 4.65. The highest BCUT2D eigenvalue weighted by Gasteiger charge is 2.04. The van der Waals surface area contributed by atoms with Crippen LogP contribution in [0.1, 0.15) is 11.3 Å². The summed E-state index contributed by atoms with van der Waals surface area (Å²) >= 11 is 0. The molecule has 0 bridgehead atoms. The molecule has 0 aliphatic heterocycles. The number of aromatic nitrogens is 3. The lowest BCUT2D eigenvalue weighted by molar-refractivity contribution is -0.116. The number of nitrogens with one attached hydrogen (secondary N) is 2. The Kier molecular flexibility index (Phi) is 3.91. The van der Waals surface area contributed by atoms with Crippen LogP contribution in [0.25, 0.3) is 17.1 Å². The van der Waals surface area contributed by atoms with Crippen molar-refractivity contribution in [2.45, 2.75) is 6.54 Å². The summed E-state index contributed by atoms with van der Waals surface area (Å²) in [5.41, 5.74) is 1.73. The van der Waals surface area contributed by atoms with Crippen molar-refractivity contribution in [1.29, 1.82) is 0 Å². The second-order valence-corrected chi connectivity index (χ2v) is 4.65. The van der Waals surface area contributed by atoms with Gasteiger partial charge in [-0.3, -0.25) is 9.89 Å². The first-order valence-corrected chi connectivity index (χ1v) is 6.72. The van der Waals surface area contributed by atoms with Gasteiger partial charge in [-0.2, -0.15) is 5.10 Å². The first-order chi connectivity index (χ1) is 10.7. The van der Waals surface area contributed by atoms with Crippen LogP contribution in [-0.2, 0) is 11.3 Å². The van der Waals surface area contributed by atoms with Gasteiger partial charge in [0.25, 0.3) is 0 Å². The van der Waals surface area contributed by atoms with Crippen molar-refractivity contribution in [3.05, 3.63) is 65.7 Å². The molecular formula is C16H13FN4O. The molecule has 3 aromatic rings. The minimum Gasteiger partial charge on any atom is -0.348 e. The van der Waals surface area contributed by atoms with E-state index in [0.717, 1.165) is 5.39 Å². The highest BCUT2D eigenvalue weighted by molar-refractivity contribution is 5.94. The van der Waals surface area contributed by atoms with Crippen molar-refractivity contribution in [3.8, 4) is 0 Å². The maximum Gasteiger partial charge on any atom is 0.244 e. The Morgan fingerprint density at radius 3 is 3.00 bits per heavy atom. The Morgan fingerprint density at radius 1 is 1.27 bits per heavy atom. The molecule has 0 fully saturated rings. The number of H-pyrrole nitrogens is 1. The van der Waals surface area contributed by atoms with E-state index in [2.05, 4.69) is 20.5 Å². The summed E-state index contributed by atoms with van der Waals surface area (Å²) in [6, 6.07) is 9.99. The first-order valence-electron chi connectivity index (χ1n) is 6.72. The molecule has 0 unspecified atom stereocenters. The number of rotatable bonds is 4. The summed E-state index contributed by atoms with van der Waals surface area (Å²) in [7, 11) is 0. The van der Waals surface area contributed by atoms with Gasteiger partial charge in [0.05, 0.1) is 5.69 Å². The number of fused-ring (bicyclic) bond motifs is 1. The maximum absolute atomic E-state index is 13.4. The van der Waals surface area contributed by atoms with Gasteiger partial charge in [-0.25, -0.2) is 9.37 Å². The van der Waals surface area contributed by atoms with E-state index >= 15 is 0 Å². The van der Waals surface area contributed by atoms with Crippen LogP contribution in [0.4, 0.5) is 4.39 Å². The van der Waals surface area contributed by atoms with Crippen LogP contribution in [-0.4, -0.2) is 21.1 Å². The molecule has 3 rings (SSSR count). The average molecular weight is 296 g/mol. The zero-order chi connectivity index (χ0) is 15.4. The minimum absolute atomic E-state index is 0.138. The van der Waals surface area contributed by atoms with Gasteiger partial charge in [0.2, 0.25) is 5.91 Å². The van der Waals surface area contributed by atoms with Crippen molar-refractivity contribution >= 4 is 23.0 Å². The monoisotopic (exact) mass is 296 g/mol. The smallest absolute Gasteiger partial charge is 0.244 e. The van der Waals surface area contributed by atoms with E-state index in [0.29, 0.717) is 16.9 Å². The van der Waals surface area contributed by atoms with Gasteiger partial charge in [-0.05, 0) is 24.3 Å². The Balaban J connectivity index is 1.65. The summed E-state index contributed by atoms with van der Waals surface area (Å²) in [5, 5.41) is 10.3. The quantitative estimate of drug-likeness (QED) is 0.726. The largest absolute Gasteiger partial charge is 0.348 e. The molecule has 0 aliphatic carbocycles. The fourth-order valence-corrected chi connectivity index (χ4v) is 2.04. The fraction of sp³-hybridized carbons (Fsp3) is 0.0625. The molecule has 110 valence electrons. The molecular weight excluding hydrogens is 283 g/mol. The number of pyridine rings is 1. The molecule has 6 heteroatoms. The molecule has 22 heavy (non-hydrogen) atoms. The summed E-state index contributed by atoms with van der Waals surface area (Å²) in [6.07, 6.45) is 4.62. The number of nitrogens with zero attached hydrogens (tertiary/aromatic N) is 2. The first kappa shape index (κ1) is 13.9. The molecule has 2 heterocycles. The third-order valence-corrected chi connectivity index (χ3v) is 3.17. The van der Waals surface area contributed by atoms with Crippen molar-refractivity contribution in [2.24, 2.45) is 0 Å². The van der Waals surface area contributed by atoms with Crippen LogP contribution in [0.5, 0.6) is 0 Å². The molecule has 2 N–H and O–H groups in total. The molecule has 2 aromatic heterocycles. The van der Waals surface area contributed by atoms with Gasteiger partial charge >= 0.3 is 0 Å².